The second kappa shape index (κ2) is 11.7. The smallest absolute Gasteiger partial charge is 0.222 e. The van der Waals surface area contributed by atoms with E-state index in [1.54, 1.807) is 18.1 Å². The van der Waals surface area contributed by atoms with Crippen molar-refractivity contribution in [3.05, 3.63) is 34.6 Å². The lowest BCUT2D eigenvalue weighted by atomic mass is 9.93. The molecule has 0 bridgehead atoms. The molecule has 1 N–H and O–H groups in total. The van der Waals surface area contributed by atoms with E-state index in [-0.39, 0.29) is 24.1 Å². The molecule has 1 fully saturated rings. The molecule has 1 aromatic carbocycles. The van der Waals surface area contributed by atoms with Gasteiger partial charge < -0.3 is 15.0 Å². The molecule has 0 radical (unpaired) electrons. The first-order chi connectivity index (χ1) is 11.6. The summed E-state index contributed by atoms with van der Waals surface area (Å²) in [7, 11) is 1.61. The van der Waals surface area contributed by atoms with E-state index in [9.17, 15) is 9.18 Å². The number of hydrogen-bond donors (Lipinski definition) is 1. The van der Waals surface area contributed by atoms with Gasteiger partial charge in [-0.15, -0.1) is 12.4 Å². The molecule has 0 unspecified atom stereocenters. The number of methoxy groups -OCH3 is 1. The first kappa shape index (κ1) is 22.2. The Morgan fingerprint density at radius 2 is 2.12 bits per heavy atom. The quantitative estimate of drug-likeness (QED) is 0.733. The lowest BCUT2D eigenvalue weighted by Crippen LogP contribution is -2.34. The maximum absolute atomic E-state index is 13.2. The van der Waals surface area contributed by atoms with Crippen LogP contribution in [0.1, 0.15) is 31.2 Å². The number of benzene rings is 1. The second-order valence-electron chi connectivity index (χ2n) is 6.28. The molecule has 0 aliphatic carbocycles. The lowest BCUT2D eigenvalue weighted by molar-refractivity contribution is -0.132. The first-order valence-corrected chi connectivity index (χ1v) is 8.89. The standard InChI is InChI=1S/C18H26ClFN2O2.ClH/c1-24-11-10-22(13-15-3-4-16(20)12-17(15)19)18(23)5-2-14-6-8-21-9-7-14;/h3-4,12,14,21H,2,5-11,13H2,1H3;1H. The van der Waals surface area contributed by atoms with Crippen LogP contribution in [0.3, 0.4) is 0 Å². The van der Waals surface area contributed by atoms with Crippen LogP contribution >= 0.6 is 24.0 Å². The molecular formula is C18H27Cl2FN2O2. The van der Waals surface area contributed by atoms with Crippen LogP contribution in [0.25, 0.3) is 0 Å². The number of nitrogens with one attached hydrogen (secondary N) is 1. The van der Waals surface area contributed by atoms with Crippen molar-refractivity contribution in [3.8, 4) is 0 Å². The molecule has 0 spiro atoms. The van der Waals surface area contributed by atoms with Gasteiger partial charge in [0.15, 0.2) is 0 Å². The van der Waals surface area contributed by atoms with E-state index in [0.717, 1.165) is 37.9 Å². The summed E-state index contributed by atoms with van der Waals surface area (Å²) in [6, 6.07) is 4.29. The van der Waals surface area contributed by atoms with Crippen molar-refractivity contribution in [2.24, 2.45) is 5.92 Å². The Kier molecular flexibility index (Phi) is 10.4. The molecule has 0 aromatic heterocycles. The highest BCUT2D eigenvalue weighted by Gasteiger charge is 2.19. The van der Waals surface area contributed by atoms with Gasteiger partial charge in [0.05, 0.1) is 6.61 Å². The van der Waals surface area contributed by atoms with E-state index in [1.807, 2.05) is 0 Å². The molecule has 1 heterocycles. The molecule has 1 amide bonds. The normalized spacial score (nSPS) is 14.8. The highest BCUT2D eigenvalue weighted by atomic mass is 35.5. The van der Waals surface area contributed by atoms with Gasteiger partial charge in [0, 0.05) is 31.6 Å². The summed E-state index contributed by atoms with van der Waals surface area (Å²) in [6.45, 7) is 3.44. The highest BCUT2D eigenvalue weighted by Crippen LogP contribution is 2.21. The summed E-state index contributed by atoms with van der Waals surface area (Å²) in [4.78, 5) is 14.4. The van der Waals surface area contributed by atoms with E-state index >= 15 is 0 Å². The third kappa shape index (κ3) is 7.48. The van der Waals surface area contributed by atoms with Crippen LogP contribution in [-0.4, -0.2) is 44.2 Å². The molecular weight excluding hydrogens is 366 g/mol. The van der Waals surface area contributed by atoms with Gasteiger partial charge in [0.25, 0.3) is 0 Å². The molecule has 1 saturated heterocycles. The average Bonchev–Trinajstić information content (AvgIpc) is 2.59. The predicted molar refractivity (Wildman–Crippen MR) is 101 cm³/mol. The Morgan fingerprint density at radius 1 is 1.40 bits per heavy atom. The largest absolute Gasteiger partial charge is 0.383 e. The third-order valence-electron chi connectivity index (χ3n) is 4.52. The molecule has 0 saturated carbocycles. The van der Waals surface area contributed by atoms with E-state index in [0.29, 0.717) is 37.1 Å². The fraction of sp³-hybridized carbons (Fsp3) is 0.611. The van der Waals surface area contributed by atoms with Crippen LogP contribution < -0.4 is 5.32 Å². The van der Waals surface area contributed by atoms with Crippen molar-refractivity contribution in [1.29, 1.82) is 0 Å². The van der Waals surface area contributed by atoms with Gasteiger partial charge in [-0.05, 0) is 56.0 Å². The van der Waals surface area contributed by atoms with Crippen molar-refractivity contribution in [3.63, 3.8) is 0 Å². The van der Waals surface area contributed by atoms with Crippen molar-refractivity contribution in [2.45, 2.75) is 32.2 Å². The minimum Gasteiger partial charge on any atom is -0.383 e. The van der Waals surface area contributed by atoms with Crippen LogP contribution in [0.5, 0.6) is 0 Å². The van der Waals surface area contributed by atoms with Gasteiger partial charge in [-0.2, -0.15) is 0 Å². The fourth-order valence-electron chi connectivity index (χ4n) is 3.01. The van der Waals surface area contributed by atoms with E-state index < -0.39 is 0 Å². The molecule has 1 aromatic rings. The van der Waals surface area contributed by atoms with Crippen molar-refractivity contribution < 1.29 is 13.9 Å². The van der Waals surface area contributed by atoms with E-state index in [4.69, 9.17) is 16.3 Å². The van der Waals surface area contributed by atoms with Crippen LogP contribution in [0.2, 0.25) is 5.02 Å². The number of rotatable bonds is 8. The van der Waals surface area contributed by atoms with Gasteiger partial charge in [-0.25, -0.2) is 4.39 Å². The monoisotopic (exact) mass is 392 g/mol. The van der Waals surface area contributed by atoms with Crippen LogP contribution in [0.15, 0.2) is 18.2 Å². The lowest BCUT2D eigenvalue weighted by Gasteiger charge is -2.26. The number of hydrogen-bond acceptors (Lipinski definition) is 3. The summed E-state index contributed by atoms with van der Waals surface area (Å²) in [5, 5.41) is 3.69. The Hall–Kier alpha value is -0.880. The molecule has 1 aliphatic heterocycles. The van der Waals surface area contributed by atoms with Gasteiger partial charge >= 0.3 is 0 Å². The van der Waals surface area contributed by atoms with Crippen molar-refractivity contribution in [2.75, 3.05) is 33.4 Å². The fourth-order valence-corrected chi connectivity index (χ4v) is 3.23. The highest BCUT2D eigenvalue weighted by molar-refractivity contribution is 6.31. The Balaban J connectivity index is 0.00000312. The van der Waals surface area contributed by atoms with Gasteiger partial charge in [0.2, 0.25) is 5.91 Å². The van der Waals surface area contributed by atoms with E-state index in [1.165, 1.54) is 12.1 Å². The average molecular weight is 393 g/mol. The Labute approximate surface area is 160 Å². The topological polar surface area (TPSA) is 41.6 Å². The summed E-state index contributed by atoms with van der Waals surface area (Å²) in [5.41, 5.74) is 0.754. The number of carbonyl (C=O) groups is 1. The van der Waals surface area contributed by atoms with Crippen molar-refractivity contribution >= 4 is 29.9 Å². The predicted octanol–water partition coefficient (Wildman–Crippen LogP) is 3.66. The maximum Gasteiger partial charge on any atom is 0.222 e. The Bertz CT molecular complexity index is 540. The molecule has 7 heteroatoms. The maximum atomic E-state index is 13.2. The molecule has 2 rings (SSSR count). The molecule has 1 aliphatic rings. The summed E-state index contributed by atoms with van der Waals surface area (Å²) in [5.74, 6) is 0.351. The van der Waals surface area contributed by atoms with Crippen LogP contribution in [0.4, 0.5) is 4.39 Å². The zero-order valence-electron chi connectivity index (χ0n) is 14.6. The first-order valence-electron chi connectivity index (χ1n) is 8.51. The number of piperidine rings is 1. The Morgan fingerprint density at radius 3 is 2.76 bits per heavy atom. The molecule has 4 nitrogen and oxygen atoms in total. The summed E-state index contributed by atoms with van der Waals surface area (Å²) in [6.07, 6.45) is 3.72. The molecule has 25 heavy (non-hydrogen) atoms. The zero-order valence-corrected chi connectivity index (χ0v) is 16.2. The number of carbonyl (C=O) groups excluding carboxylic acids is 1. The van der Waals surface area contributed by atoms with E-state index in [2.05, 4.69) is 5.32 Å². The SMILES string of the molecule is COCCN(Cc1ccc(F)cc1Cl)C(=O)CCC1CCNCC1.Cl. The number of ether oxygens (including phenoxy) is 1. The number of amides is 1. The van der Waals surface area contributed by atoms with Crippen molar-refractivity contribution in [1.82, 2.24) is 10.2 Å². The molecule has 0 atom stereocenters. The third-order valence-corrected chi connectivity index (χ3v) is 4.87. The summed E-state index contributed by atoms with van der Waals surface area (Å²) >= 11 is 6.09. The number of halogens is 3. The van der Waals surface area contributed by atoms with Crippen LogP contribution in [-0.2, 0) is 16.1 Å². The molecule has 142 valence electrons. The van der Waals surface area contributed by atoms with Gasteiger partial charge in [-0.3, -0.25) is 4.79 Å². The van der Waals surface area contributed by atoms with Gasteiger partial charge in [0.1, 0.15) is 5.82 Å². The number of nitrogens with zero attached hydrogens (tertiary/aromatic N) is 1. The van der Waals surface area contributed by atoms with Crippen LogP contribution in [0, 0.1) is 11.7 Å². The zero-order chi connectivity index (χ0) is 17.4. The minimum absolute atomic E-state index is 0. The summed E-state index contributed by atoms with van der Waals surface area (Å²) < 4.78 is 18.3. The van der Waals surface area contributed by atoms with Gasteiger partial charge in [-0.1, -0.05) is 17.7 Å². The minimum atomic E-state index is -0.371. The second-order valence-corrected chi connectivity index (χ2v) is 6.68.